The molecule has 0 bridgehead atoms. The number of ether oxygens (including phenoxy) is 1. The molecule has 0 saturated carbocycles. The van der Waals surface area contributed by atoms with Gasteiger partial charge in [-0.25, -0.2) is 22.4 Å². The third-order valence-corrected chi connectivity index (χ3v) is 2.21. The molecule has 0 unspecified atom stereocenters. The van der Waals surface area contributed by atoms with Crippen LogP contribution < -0.4 is 10.6 Å². The third-order valence-electron chi connectivity index (χ3n) is 2.21. The Bertz CT molecular complexity index is 504. The van der Waals surface area contributed by atoms with Crippen molar-refractivity contribution < 1.29 is 27.1 Å². The molecule has 0 spiro atoms. The van der Waals surface area contributed by atoms with Gasteiger partial charge in [-0.05, 0) is 20.8 Å². The largest absolute Gasteiger partial charge is 0.444 e. The molecule has 0 radical (unpaired) electrons. The normalized spacial score (nSPS) is 11.2. The van der Waals surface area contributed by atoms with E-state index in [9.17, 15) is 22.4 Å². The van der Waals surface area contributed by atoms with Crippen LogP contribution >= 0.6 is 0 Å². The molecule has 2 N–H and O–H groups in total. The van der Waals surface area contributed by atoms with Gasteiger partial charge < -0.3 is 15.4 Å². The van der Waals surface area contributed by atoms with Gasteiger partial charge in [-0.15, -0.1) is 0 Å². The van der Waals surface area contributed by atoms with Crippen molar-refractivity contribution in [1.29, 1.82) is 0 Å². The van der Waals surface area contributed by atoms with Crippen LogP contribution in [0.4, 0.5) is 28.0 Å². The van der Waals surface area contributed by atoms with Crippen molar-refractivity contribution in [3.05, 3.63) is 29.3 Å². The maximum atomic E-state index is 13.3. The number of carbonyl (C=O) groups excluding carboxylic acids is 1. The first-order chi connectivity index (χ1) is 9.61. The molecule has 1 aromatic rings. The summed E-state index contributed by atoms with van der Waals surface area (Å²) in [5.41, 5.74) is -1.60. The lowest BCUT2D eigenvalue weighted by atomic mass is 10.2. The zero-order valence-electron chi connectivity index (χ0n) is 11.8. The molecule has 0 aromatic heterocycles. The number of hydrogen-bond donors (Lipinski definition) is 2. The van der Waals surface area contributed by atoms with E-state index in [1.165, 1.54) is 0 Å². The molecule has 4 nitrogen and oxygen atoms in total. The molecule has 8 heteroatoms. The lowest BCUT2D eigenvalue weighted by Crippen LogP contribution is -2.35. The molecule has 1 rings (SSSR count). The van der Waals surface area contributed by atoms with E-state index in [1.54, 1.807) is 20.8 Å². The molecular weight excluding hydrogens is 292 g/mol. The summed E-state index contributed by atoms with van der Waals surface area (Å²) < 4.78 is 57.4. The van der Waals surface area contributed by atoms with Gasteiger partial charge in [0.05, 0.1) is 0 Å². The van der Waals surface area contributed by atoms with Crippen LogP contribution in [0.5, 0.6) is 0 Å². The van der Waals surface area contributed by atoms with E-state index in [1.807, 2.05) is 0 Å². The highest BCUT2D eigenvalue weighted by Gasteiger charge is 2.19. The van der Waals surface area contributed by atoms with Gasteiger partial charge in [0.25, 0.3) is 0 Å². The molecule has 0 aliphatic rings. The van der Waals surface area contributed by atoms with Gasteiger partial charge in [0, 0.05) is 19.2 Å². The Hall–Kier alpha value is -1.99. The minimum absolute atomic E-state index is 0.0497. The number of rotatable bonds is 4. The summed E-state index contributed by atoms with van der Waals surface area (Å²) in [5, 5.41) is 4.50. The lowest BCUT2D eigenvalue weighted by molar-refractivity contribution is 0.0530. The second-order valence-corrected chi connectivity index (χ2v) is 5.20. The van der Waals surface area contributed by atoms with Crippen molar-refractivity contribution >= 4 is 11.8 Å². The number of carbonyl (C=O) groups is 1. The predicted molar refractivity (Wildman–Crippen MR) is 69.0 cm³/mol. The van der Waals surface area contributed by atoms with Gasteiger partial charge in [-0.1, -0.05) is 0 Å². The average molecular weight is 308 g/mol. The van der Waals surface area contributed by atoms with Crippen LogP contribution in [0.25, 0.3) is 0 Å². The molecule has 0 saturated heterocycles. The molecule has 1 aromatic carbocycles. The number of hydrogen-bond acceptors (Lipinski definition) is 3. The number of halogens is 4. The number of anilines is 1. The molecule has 0 aliphatic heterocycles. The fourth-order valence-electron chi connectivity index (χ4n) is 1.39. The van der Waals surface area contributed by atoms with Crippen LogP contribution in [0.2, 0.25) is 0 Å². The maximum Gasteiger partial charge on any atom is 0.407 e. The predicted octanol–water partition coefficient (Wildman–Crippen LogP) is 3.18. The Labute approximate surface area is 119 Å². The molecule has 0 heterocycles. The summed E-state index contributed by atoms with van der Waals surface area (Å²) in [4.78, 5) is 11.3. The van der Waals surface area contributed by atoms with E-state index in [0.717, 1.165) is 0 Å². The second kappa shape index (κ2) is 6.64. The first kappa shape index (κ1) is 17.1. The van der Waals surface area contributed by atoms with Gasteiger partial charge in [-0.3, -0.25) is 0 Å². The molecule has 118 valence electrons. The maximum absolute atomic E-state index is 13.3. The molecule has 0 aliphatic carbocycles. The van der Waals surface area contributed by atoms with Crippen molar-refractivity contribution in [2.45, 2.75) is 26.4 Å². The first-order valence-corrected chi connectivity index (χ1v) is 6.15. The van der Waals surface area contributed by atoms with Crippen molar-refractivity contribution in [2.75, 3.05) is 18.4 Å². The molecule has 0 fully saturated rings. The fraction of sp³-hybridized carbons (Fsp3) is 0.462. The highest BCUT2D eigenvalue weighted by atomic mass is 19.2. The summed E-state index contributed by atoms with van der Waals surface area (Å²) >= 11 is 0. The van der Waals surface area contributed by atoms with Crippen molar-refractivity contribution in [1.82, 2.24) is 5.32 Å². The van der Waals surface area contributed by atoms with Crippen LogP contribution in [0.3, 0.4) is 0 Å². The Morgan fingerprint density at radius 1 is 1.10 bits per heavy atom. The first-order valence-electron chi connectivity index (χ1n) is 6.15. The van der Waals surface area contributed by atoms with Crippen molar-refractivity contribution in [3.63, 3.8) is 0 Å². The van der Waals surface area contributed by atoms with Gasteiger partial charge in [-0.2, -0.15) is 0 Å². The van der Waals surface area contributed by atoms with Crippen LogP contribution in [0, 0.1) is 23.3 Å². The standard InChI is InChI=1S/C13H16F4N2O2/c1-13(2,3)21-12(20)19-5-4-18-11-9(16)7(14)6-8(15)10(11)17/h6,18H,4-5H2,1-3H3,(H,19,20). The van der Waals surface area contributed by atoms with Crippen molar-refractivity contribution in [2.24, 2.45) is 0 Å². The highest BCUT2D eigenvalue weighted by molar-refractivity contribution is 5.67. The van der Waals surface area contributed by atoms with E-state index in [-0.39, 0.29) is 19.2 Å². The van der Waals surface area contributed by atoms with Crippen LogP contribution in [-0.2, 0) is 4.74 Å². The molecular formula is C13H16F4N2O2. The van der Waals surface area contributed by atoms with Crippen LogP contribution in [0.1, 0.15) is 20.8 Å². The minimum Gasteiger partial charge on any atom is -0.444 e. The van der Waals surface area contributed by atoms with Gasteiger partial charge in [0.1, 0.15) is 11.3 Å². The third kappa shape index (κ3) is 5.13. The number of alkyl carbamates (subject to hydrolysis) is 1. The smallest absolute Gasteiger partial charge is 0.407 e. The lowest BCUT2D eigenvalue weighted by Gasteiger charge is -2.19. The zero-order valence-corrected chi connectivity index (χ0v) is 11.8. The second-order valence-electron chi connectivity index (χ2n) is 5.20. The van der Waals surface area contributed by atoms with E-state index in [2.05, 4.69) is 10.6 Å². The number of benzene rings is 1. The summed E-state index contributed by atoms with van der Waals surface area (Å²) in [6.07, 6.45) is -0.712. The Morgan fingerprint density at radius 3 is 2.10 bits per heavy atom. The average Bonchev–Trinajstić information content (AvgIpc) is 2.33. The van der Waals surface area contributed by atoms with E-state index >= 15 is 0 Å². The van der Waals surface area contributed by atoms with Crippen LogP contribution in [-0.4, -0.2) is 24.8 Å². The summed E-state index contributed by atoms with van der Waals surface area (Å²) in [6, 6.07) is 0.120. The quantitative estimate of drug-likeness (QED) is 0.510. The Kier molecular flexibility index (Phi) is 5.40. The van der Waals surface area contributed by atoms with Gasteiger partial charge in [0.2, 0.25) is 0 Å². The van der Waals surface area contributed by atoms with E-state index < -0.39 is 40.7 Å². The van der Waals surface area contributed by atoms with Gasteiger partial charge >= 0.3 is 6.09 Å². The van der Waals surface area contributed by atoms with Crippen molar-refractivity contribution in [3.8, 4) is 0 Å². The van der Waals surface area contributed by atoms with E-state index in [4.69, 9.17) is 4.74 Å². The number of nitrogens with one attached hydrogen (secondary N) is 2. The zero-order chi connectivity index (χ0) is 16.2. The SMILES string of the molecule is CC(C)(C)OC(=O)NCCNc1c(F)c(F)cc(F)c1F. The molecule has 21 heavy (non-hydrogen) atoms. The Balaban J connectivity index is 2.52. The van der Waals surface area contributed by atoms with Gasteiger partial charge in [0.15, 0.2) is 23.3 Å². The molecule has 0 atom stereocenters. The topological polar surface area (TPSA) is 50.4 Å². The summed E-state index contributed by atoms with van der Waals surface area (Å²) in [5.74, 6) is -6.05. The summed E-state index contributed by atoms with van der Waals surface area (Å²) in [6.45, 7) is 4.82. The minimum atomic E-state index is -1.52. The summed E-state index contributed by atoms with van der Waals surface area (Å²) in [7, 11) is 0. The monoisotopic (exact) mass is 308 g/mol. The van der Waals surface area contributed by atoms with E-state index in [0.29, 0.717) is 0 Å². The fourth-order valence-corrected chi connectivity index (χ4v) is 1.39. The molecule has 1 amide bonds. The number of amides is 1. The highest BCUT2D eigenvalue weighted by Crippen LogP contribution is 2.23. The van der Waals surface area contributed by atoms with Crippen LogP contribution in [0.15, 0.2) is 6.07 Å². The Morgan fingerprint density at radius 2 is 1.62 bits per heavy atom.